The van der Waals surface area contributed by atoms with E-state index in [0.717, 1.165) is 5.56 Å². The number of anilines is 2. The van der Waals surface area contributed by atoms with Crippen LogP contribution in [0, 0.1) is 6.92 Å². The van der Waals surface area contributed by atoms with Crippen LogP contribution in [-0.4, -0.2) is 16.9 Å². The normalized spacial score (nSPS) is 10.0. The van der Waals surface area contributed by atoms with Crippen molar-refractivity contribution in [2.24, 2.45) is 0 Å². The summed E-state index contributed by atoms with van der Waals surface area (Å²) in [6.07, 6.45) is 0. The molecule has 2 rings (SSSR count). The van der Waals surface area contributed by atoms with Crippen LogP contribution in [0.2, 0.25) is 5.02 Å². The molecule has 0 radical (unpaired) electrons. The van der Waals surface area contributed by atoms with Crippen molar-refractivity contribution in [3.05, 3.63) is 53.1 Å². The Balaban J connectivity index is 2.06. The highest BCUT2D eigenvalue weighted by atomic mass is 35.5. The van der Waals surface area contributed by atoms with Crippen molar-refractivity contribution < 1.29 is 14.7 Å². The highest BCUT2D eigenvalue weighted by Gasteiger charge is 2.15. The van der Waals surface area contributed by atoms with Gasteiger partial charge in [0.05, 0.1) is 5.69 Å². The Labute approximate surface area is 126 Å². The maximum atomic E-state index is 11.8. The molecular formula is C15H13ClN2O3. The van der Waals surface area contributed by atoms with Gasteiger partial charge in [0.2, 0.25) is 0 Å². The van der Waals surface area contributed by atoms with Gasteiger partial charge in [-0.1, -0.05) is 23.7 Å². The van der Waals surface area contributed by atoms with Crippen LogP contribution in [0.1, 0.15) is 5.56 Å². The van der Waals surface area contributed by atoms with Crippen LogP contribution in [0.3, 0.4) is 0 Å². The van der Waals surface area contributed by atoms with Gasteiger partial charge in [0.1, 0.15) is 5.75 Å². The van der Waals surface area contributed by atoms with Crippen molar-refractivity contribution in [2.75, 3.05) is 10.6 Å². The summed E-state index contributed by atoms with van der Waals surface area (Å²) in [4.78, 5) is 23.6. The quantitative estimate of drug-likeness (QED) is 0.589. The SMILES string of the molecule is Cc1ccc(O)c(NC(=O)C(=O)Nc2cccc(Cl)c2)c1. The molecule has 21 heavy (non-hydrogen) atoms. The number of aryl methyl sites for hydroxylation is 1. The van der Waals surface area contributed by atoms with E-state index in [1.807, 2.05) is 0 Å². The van der Waals surface area contributed by atoms with E-state index >= 15 is 0 Å². The van der Waals surface area contributed by atoms with Gasteiger partial charge in [0.25, 0.3) is 0 Å². The number of benzene rings is 2. The van der Waals surface area contributed by atoms with Crippen LogP contribution in [0.4, 0.5) is 11.4 Å². The second-order valence-corrected chi connectivity index (χ2v) is 4.88. The molecule has 2 aromatic rings. The number of halogens is 1. The first-order chi connectivity index (χ1) is 9.95. The molecule has 2 aromatic carbocycles. The summed E-state index contributed by atoms with van der Waals surface area (Å²) < 4.78 is 0. The van der Waals surface area contributed by atoms with E-state index in [9.17, 15) is 14.7 Å². The van der Waals surface area contributed by atoms with E-state index in [0.29, 0.717) is 10.7 Å². The van der Waals surface area contributed by atoms with Crippen LogP contribution in [0.5, 0.6) is 5.75 Å². The second-order valence-electron chi connectivity index (χ2n) is 4.44. The van der Waals surface area contributed by atoms with Crippen molar-refractivity contribution in [1.29, 1.82) is 0 Å². The molecular weight excluding hydrogens is 292 g/mol. The monoisotopic (exact) mass is 304 g/mol. The highest BCUT2D eigenvalue weighted by molar-refractivity contribution is 6.44. The van der Waals surface area contributed by atoms with Crippen LogP contribution in [0.25, 0.3) is 0 Å². The van der Waals surface area contributed by atoms with Crippen LogP contribution < -0.4 is 10.6 Å². The summed E-state index contributed by atoms with van der Waals surface area (Å²) in [7, 11) is 0. The lowest BCUT2D eigenvalue weighted by Gasteiger charge is -2.08. The molecule has 0 saturated carbocycles. The van der Waals surface area contributed by atoms with Gasteiger partial charge in [-0.15, -0.1) is 0 Å². The molecule has 0 aliphatic carbocycles. The highest BCUT2D eigenvalue weighted by Crippen LogP contribution is 2.23. The Hall–Kier alpha value is -2.53. The standard InChI is InChI=1S/C15H13ClN2O3/c1-9-5-6-13(19)12(7-9)18-15(21)14(20)17-11-4-2-3-10(16)8-11/h2-8,19H,1H3,(H,17,20)(H,18,21). The summed E-state index contributed by atoms with van der Waals surface area (Å²) >= 11 is 5.79. The Kier molecular flexibility index (Phi) is 4.45. The van der Waals surface area contributed by atoms with E-state index in [1.54, 1.807) is 37.3 Å². The molecule has 0 aliphatic heterocycles. The van der Waals surface area contributed by atoms with Crippen molar-refractivity contribution in [3.63, 3.8) is 0 Å². The molecule has 108 valence electrons. The Morgan fingerprint density at radius 2 is 1.76 bits per heavy atom. The largest absolute Gasteiger partial charge is 0.506 e. The smallest absolute Gasteiger partial charge is 0.314 e. The Morgan fingerprint density at radius 3 is 2.48 bits per heavy atom. The van der Waals surface area contributed by atoms with Crippen molar-refractivity contribution >= 4 is 34.8 Å². The number of aromatic hydroxyl groups is 1. The van der Waals surface area contributed by atoms with Gasteiger partial charge in [-0.25, -0.2) is 0 Å². The molecule has 0 fully saturated rings. The molecule has 5 nitrogen and oxygen atoms in total. The first-order valence-electron chi connectivity index (χ1n) is 6.13. The zero-order chi connectivity index (χ0) is 15.4. The number of phenols is 1. The Morgan fingerprint density at radius 1 is 1.05 bits per heavy atom. The molecule has 0 spiro atoms. The third kappa shape index (κ3) is 3.97. The summed E-state index contributed by atoms with van der Waals surface area (Å²) in [5.74, 6) is -1.83. The molecule has 2 amide bonds. The van der Waals surface area contributed by atoms with Crippen LogP contribution in [0.15, 0.2) is 42.5 Å². The van der Waals surface area contributed by atoms with E-state index in [1.165, 1.54) is 12.1 Å². The first kappa shape index (κ1) is 14.9. The van der Waals surface area contributed by atoms with Gasteiger partial charge in [-0.3, -0.25) is 9.59 Å². The first-order valence-corrected chi connectivity index (χ1v) is 6.51. The van der Waals surface area contributed by atoms with E-state index in [4.69, 9.17) is 11.6 Å². The molecule has 6 heteroatoms. The maximum absolute atomic E-state index is 11.8. The van der Waals surface area contributed by atoms with E-state index in [2.05, 4.69) is 10.6 Å². The maximum Gasteiger partial charge on any atom is 0.314 e. The number of hydrogen-bond acceptors (Lipinski definition) is 3. The van der Waals surface area contributed by atoms with Gasteiger partial charge in [-0.2, -0.15) is 0 Å². The number of amides is 2. The molecule has 0 aliphatic rings. The summed E-state index contributed by atoms with van der Waals surface area (Å²) in [6.45, 7) is 1.81. The fourth-order valence-corrected chi connectivity index (χ4v) is 1.87. The third-order valence-electron chi connectivity index (χ3n) is 2.69. The lowest BCUT2D eigenvalue weighted by Crippen LogP contribution is -2.29. The predicted molar refractivity (Wildman–Crippen MR) is 81.6 cm³/mol. The van der Waals surface area contributed by atoms with Crippen molar-refractivity contribution in [2.45, 2.75) is 6.92 Å². The van der Waals surface area contributed by atoms with Gasteiger partial charge in [0, 0.05) is 10.7 Å². The molecule has 0 bridgehead atoms. The van der Waals surface area contributed by atoms with Crippen LogP contribution >= 0.6 is 11.6 Å². The van der Waals surface area contributed by atoms with Crippen molar-refractivity contribution in [1.82, 2.24) is 0 Å². The van der Waals surface area contributed by atoms with Gasteiger partial charge in [0.15, 0.2) is 0 Å². The van der Waals surface area contributed by atoms with Gasteiger partial charge >= 0.3 is 11.8 Å². The molecule has 3 N–H and O–H groups in total. The van der Waals surface area contributed by atoms with E-state index in [-0.39, 0.29) is 11.4 Å². The van der Waals surface area contributed by atoms with E-state index < -0.39 is 11.8 Å². The number of hydrogen-bond donors (Lipinski definition) is 3. The molecule has 0 heterocycles. The zero-order valence-corrected chi connectivity index (χ0v) is 11.9. The average Bonchev–Trinajstić information content (AvgIpc) is 2.43. The minimum absolute atomic E-state index is 0.107. The number of carbonyl (C=O) groups is 2. The topological polar surface area (TPSA) is 78.4 Å². The fraction of sp³-hybridized carbons (Fsp3) is 0.0667. The number of phenolic OH excluding ortho intramolecular Hbond substituents is 1. The third-order valence-corrected chi connectivity index (χ3v) is 2.92. The zero-order valence-electron chi connectivity index (χ0n) is 11.2. The fourth-order valence-electron chi connectivity index (χ4n) is 1.68. The average molecular weight is 305 g/mol. The number of nitrogens with one attached hydrogen (secondary N) is 2. The molecule has 0 aromatic heterocycles. The lowest BCUT2D eigenvalue weighted by atomic mass is 10.2. The molecule has 0 atom stereocenters. The number of rotatable bonds is 2. The minimum atomic E-state index is -0.879. The summed E-state index contributed by atoms with van der Waals surface area (Å²) in [5, 5.41) is 14.8. The summed E-state index contributed by atoms with van der Waals surface area (Å²) in [5.41, 5.74) is 1.44. The van der Waals surface area contributed by atoms with Crippen molar-refractivity contribution in [3.8, 4) is 5.75 Å². The Bertz CT molecular complexity index is 701. The van der Waals surface area contributed by atoms with Gasteiger partial charge < -0.3 is 15.7 Å². The van der Waals surface area contributed by atoms with Crippen LogP contribution in [-0.2, 0) is 9.59 Å². The lowest BCUT2D eigenvalue weighted by molar-refractivity contribution is -0.133. The molecule has 0 saturated heterocycles. The number of carbonyl (C=O) groups excluding carboxylic acids is 2. The van der Waals surface area contributed by atoms with Gasteiger partial charge in [-0.05, 0) is 42.8 Å². The minimum Gasteiger partial charge on any atom is -0.506 e. The summed E-state index contributed by atoms with van der Waals surface area (Å²) in [6, 6.07) is 11.2. The predicted octanol–water partition coefficient (Wildman–Crippen LogP) is 2.93. The molecule has 0 unspecified atom stereocenters. The second kappa shape index (κ2) is 6.28.